The van der Waals surface area contributed by atoms with E-state index < -0.39 is 0 Å². The van der Waals surface area contributed by atoms with Gasteiger partial charge in [0, 0.05) is 39.3 Å². The minimum atomic E-state index is -0.257. The molecule has 1 aromatic heterocycles. The van der Waals surface area contributed by atoms with E-state index in [1.165, 1.54) is 32.4 Å². The van der Waals surface area contributed by atoms with Gasteiger partial charge in [-0.25, -0.2) is 14.8 Å². The topological polar surface area (TPSA) is 99.8 Å². The quantitative estimate of drug-likeness (QED) is 0.764. The first-order valence-electron chi connectivity index (χ1n) is 9.92. The lowest BCUT2D eigenvalue weighted by Gasteiger charge is -2.35. The van der Waals surface area contributed by atoms with Crippen molar-refractivity contribution in [1.29, 1.82) is 0 Å². The van der Waals surface area contributed by atoms with E-state index in [-0.39, 0.29) is 6.09 Å². The highest BCUT2D eigenvalue weighted by Gasteiger charge is 2.24. The fraction of sp³-hybridized carbons (Fsp3) is 0.722. The van der Waals surface area contributed by atoms with Crippen molar-refractivity contribution in [2.45, 2.75) is 26.2 Å². The smallest absolute Gasteiger partial charge is 0.409 e. The molecule has 0 radical (unpaired) electrons. The molecule has 1 aromatic rings. The van der Waals surface area contributed by atoms with E-state index >= 15 is 0 Å². The Morgan fingerprint density at radius 1 is 1.15 bits per heavy atom. The number of rotatable bonds is 6. The molecule has 0 atom stereocenters. The summed E-state index contributed by atoms with van der Waals surface area (Å²) in [6, 6.07) is 0. The number of carbonyl (C=O) groups is 1. The average molecular weight is 377 g/mol. The molecule has 9 heteroatoms. The van der Waals surface area contributed by atoms with Crippen molar-refractivity contribution >= 4 is 23.4 Å². The summed E-state index contributed by atoms with van der Waals surface area (Å²) in [5.74, 6) is 1.42. The van der Waals surface area contributed by atoms with E-state index in [4.69, 9.17) is 10.5 Å². The summed E-state index contributed by atoms with van der Waals surface area (Å²) in [5, 5.41) is 3.35. The molecule has 9 nitrogen and oxygen atoms in total. The van der Waals surface area contributed by atoms with E-state index in [1.807, 2.05) is 6.92 Å². The van der Waals surface area contributed by atoms with E-state index in [2.05, 4.69) is 25.1 Å². The molecule has 0 aliphatic carbocycles. The number of nitrogens with two attached hydrogens (primary N) is 1. The van der Waals surface area contributed by atoms with Gasteiger partial charge in [0.2, 0.25) is 0 Å². The number of ether oxygens (including phenoxy) is 1. The van der Waals surface area contributed by atoms with Crippen LogP contribution in [0.3, 0.4) is 0 Å². The molecule has 2 saturated heterocycles. The first-order valence-corrected chi connectivity index (χ1v) is 9.92. The predicted octanol–water partition coefficient (Wildman–Crippen LogP) is 1.24. The fourth-order valence-electron chi connectivity index (χ4n) is 3.61. The molecule has 3 rings (SSSR count). The maximum Gasteiger partial charge on any atom is 0.409 e. The number of piperidine rings is 1. The van der Waals surface area contributed by atoms with Crippen LogP contribution in [-0.4, -0.2) is 84.8 Å². The number of aromatic nitrogens is 2. The molecule has 0 bridgehead atoms. The molecular weight excluding hydrogens is 346 g/mol. The van der Waals surface area contributed by atoms with Crippen molar-refractivity contribution in [3.05, 3.63) is 6.33 Å². The molecule has 0 saturated carbocycles. The minimum Gasteiger partial charge on any atom is -0.450 e. The van der Waals surface area contributed by atoms with Gasteiger partial charge in [0.1, 0.15) is 12.0 Å². The lowest BCUT2D eigenvalue weighted by Crippen LogP contribution is -2.49. The molecule has 150 valence electrons. The summed E-state index contributed by atoms with van der Waals surface area (Å²) >= 11 is 0. The highest BCUT2D eigenvalue weighted by atomic mass is 16.6. The Kier molecular flexibility index (Phi) is 6.92. The van der Waals surface area contributed by atoms with Crippen molar-refractivity contribution in [3.63, 3.8) is 0 Å². The van der Waals surface area contributed by atoms with Gasteiger partial charge in [-0.3, -0.25) is 0 Å². The van der Waals surface area contributed by atoms with E-state index in [9.17, 15) is 4.79 Å². The van der Waals surface area contributed by atoms with Gasteiger partial charge in [0.25, 0.3) is 0 Å². The molecule has 3 heterocycles. The predicted molar refractivity (Wildman–Crippen MR) is 106 cm³/mol. The monoisotopic (exact) mass is 377 g/mol. The van der Waals surface area contributed by atoms with Gasteiger partial charge in [-0.15, -0.1) is 0 Å². The maximum atomic E-state index is 11.8. The van der Waals surface area contributed by atoms with Crippen LogP contribution in [0.2, 0.25) is 0 Å². The Morgan fingerprint density at radius 2 is 1.89 bits per heavy atom. The third kappa shape index (κ3) is 5.12. The normalized spacial score (nSPS) is 18.4. The van der Waals surface area contributed by atoms with Gasteiger partial charge < -0.3 is 30.5 Å². The molecule has 0 unspecified atom stereocenters. The second-order valence-electron chi connectivity index (χ2n) is 6.96. The Hall–Kier alpha value is -2.29. The van der Waals surface area contributed by atoms with Crippen molar-refractivity contribution in [2.75, 3.05) is 74.9 Å². The summed E-state index contributed by atoms with van der Waals surface area (Å²) in [6.07, 6.45) is 5.21. The highest BCUT2D eigenvalue weighted by molar-refractivity contribution is 5.75. The van der Waals surface area contributed by atoms with Crippen LogP contribution in [0.25, 0.3) is 0 Å². The van der Waals surface area contributed by atoms with Gasteiger partial charge in [0.15, 0.2) is 11.6 Å². The van der Waals surface area contributed by atoms with Gasteiger partial charge in [-0.1, -0.05) is 6.42 Å². The average Bonchev–Trinajstić information content (AvgIpc) is 2.70. The third-order valence-corrected chi connectivity index (χ3v) is 5.14. The zero-order valence-electron chi connectivity index (χ0n) is 16.2. The second-order valence-corrected chi connectivity index (χ2v) is 6.96. The summed E-state index contributed by atoms with van der Waals surface area (Å²) < 4.78 is 5.06. The van der Waals surface area contributed by atoms with Crippen molar-refractivity contribution in [2.24, 2.45) is 0 Å². The van der Waals surface area contributed by atoms with Gasteiger partial charge in [-0.2, -0.15) is 0 Å². The van der Waals surface area contributed by atoms with Crippen LogP contribution < -0.4 is 16.0 Å². The summed E-state index contributed by atoms with van der Waals surface area (Å²) in [5.41, 5.74) is 6.90. The molecule has 0 spiro atoms. The maximum absolute atomic E-state index is 11.8. The lowest BCUT2D eigenvalue weighted by molar-refractivity contribution is 0.105. The van der Waals surface area contributed by atoms with Crippen LogP contribution in [0.5, 0.6) is 0 Å². The Morgan fingerprint density at radius 3 is 2.59 bits per heavy atom. The number of anilines is 3. The van der Waals surface area contributed by atoms with Gasteiger partial charge in [-0.05, 0) is 32.9 Å². The largest absolute Gasteiger partial charge is 0.450 e. The van der Waals surface area contributed by atoms with Crippen LogP contribution in [0.1, 0.15) is 26.2 Å². The van der Waals surface area contributed by atoms with Crippen LogP contribution in [0.4, 0.5) is 22.1 Å². The number of likely N-dealkylation sites (tertiary alicyclic amines) is 1. The number of amides is 1. The van der Waals surface area contributed by atoms with Crippen LogP contribution >= 0.6 is 0 Å². The van der Waals surface area contributed by atoms with Crippen LogP contribution in [0.15, 0.2) is 6.33 Å². The standard InChI is InChI=1S/C18H31N7O2/c1-2-27-18(26)25-12-10-24(11-13-25)17-15(19)16(21-14-22-17)20-6-9-23-7-4-3-5-8-23/h14H,2-13,19H2,1H3,(H,20,21,22). The molecule has 2 fully saturated rings. The molecule has 2 aliphatic heterocycles. The Balaban J connectivity index is 1.53. The van der Waals surface area contributed by atoms with Gasteiger partial charge >= 0.3 is 6.09 Å². The minimum absolute atomic E-state index is 0.257. The first kappa shape index (κ1) is 19.5. The Bertz CT molecular complexity index is 614. The zero-order valence-corrected chi connectivity index (χ0v) is 16.2. The number of hydrogen-bond donors (Lipinski definition) is 2. The molecule has 3 N–H and O–H groups in total. The molecule has 27 heavy (non-hydrogen) atoms. The number of nitrogens with one attached hydrogen (secondary N) is 1. The summed E-state index contributed by atoms with van der Waals surface area (Å²) in [4.78, 5) is 26.8. The fourth-order valence-corrected chi connectivity index (χ4v) is 3.61. The number of nitrogens with zero attached hydrogens (tertiary/aromatic N) is 5. The number of piperazine rings is 1. The third-order valence-electron chi connectivity index (χ3n) is 5.14. The number of carbonyl (C=O) groups excluding carboxylic acids is 1. The second kappa shape index (κ2) is 9.59. The van der Waals surface area contributed by atoms with Crippen molar-refractivity contribution in [3.8, 4) is 0 Å². The van der Waals surface area contributed by atoms with E-state index in [0.717, 1.165) is 18.9 Å². The van der Waals surface area contributed by atoms with Gasteiger partial charge in [0.05, 0.1) is 6.61 Å². The number of nitrogen functional groups attached to an aromatic ring is 1. The van der Waals surface area contributed by atoms with Crippen molar-refractivity contribution < 1.29 is 9.53 Å². The van der Waals surface area contributed by atoms with E-state index in [1.54, 1.807) is 11.2 Å². The van der Waals surface area contributed by atoms with Crippen molar-refractivity contribution in [1.82, 2.24) is 19.8 Å². The lowest BCUT2D eigenvalue weighted by atomic mass is 10.1. The number of hydrogen-bond acceptors (Lipinski definition) is 8. The SMILES string of the molecule is CCOC(=O)N1CCN(c2ncnc(NCCN3CCCCC3)c2N)CC1. The van der Waals surface area contributed by atoms with Crippen LogP contribution in [0, 0.1) is 0 Å². The zero-order chi connectivity index (χ0) is 19.1. The molecular formula is C18H31N7O2. The highest BCUT2D eigenvalue weighted by Crippen LogP contribution is 2.26. The summed E-state index contributed by atoms with van der Waals surface area (Å²) in [6.45, 7) is 8.92. The summed E-state index contributed by atoms with van der Waals surface area (Å²) in [7, 11) is 0. The molecule has 1 amide bonds. The van der Waals surface area contributed by atoms with E-state index in [0.29, 0.717) is 44.3 Å². The Labute approximate surface area is 160 Å². The molecule has 0 aromatic carbocycles. The first-order chi connectivity index (χ1) is 13.2. The molecule has 2 aliphatic rings. The van der Waals surface area contributed by atoms with Crippen LogP contribution in [-0.2, 0) is 4.74 Å².